The van der Waals surface area contributed by atoms with Gasteiger partial charge in [0.05, 0.1) is 0 Å². The van der Waals surface area contributed by atoms with E-state index in [9.17, 15) is 4.79 Å². The largest absolute Gasteiger partial charge is 0.351 e. The van der Waals surface area contributed by atoms with Crippen molar-refractivity contribution in [2.45, 2.75) is 38.4 Å². The van der Waals surface area contributed by atoms with E-state index in [2.05, 4.69) is 41.3 Å². The summed E-state index contributed by atoms with van der Waals surface area (Å²) < 4.78 is 1.12. The number of benzene rings is 1. The molecule has 2 nitrogen and oxygen atoms in total. The summed E-state index contributed by atoms with van der Waals surface area (Å²) in [5, 5.41) is 3.08. The zero-order chi connectivity index (χ0) is 14.5. The maximum Gasteiger partial charge on any atom is 0.251 e. The number of thioether (sulfide) groups is 1. The Hall–Kier alpha value is -0.480. The third-order valence-corrected chi connectivity index (χ3v) is 6.25. The molecule has 4 heteroatoms. The van der Waals surface area contributed by atoms with Crippen LogP contribution in [-0.4, -0.2) is 23.5 Å². The van der Waals surface area contributed by atoms with Gasteiger partial charge in [-0.15, -0.1) is 0 Å². The number of carbonyl (C=O) groups excluding carboxylic acids is 1. The number of halogens is 1. The topological polar surface area (TPSA) is 29.1 Å². The van der Waals surface area contributed by atoms with Gasteiger partial charge in [0, 0.05) is 21.3 Å². The van der Waals surface area contributed by atoms with Crippen molar-refractivity contribution < 1.29 is 4.79 Å². The van der Waals surface area contributed by atoms with E-state index in [0.717, 1.165) is 28.4 Å². The highest BCUT2D eigenvalue weighted by atomic mass is 79.9. The number of hydrogen-bond donors (Lipinski definition) is 1. The van der Waals surface area contributed by atoms with Crippen molar-refractivity contribution in [2.75, 3.05) is 12.8 Å². The second-order valence-electron chi connectivity index (χ2n) is 4.69. The average molecular weight is 344 g/mol. The maximum atomic E-state index is 12.3. The van der Waals surface area contributed by atoms with Crippen molar-refractivity contribution in [1.82, 2.24) is 5.32 Å². The first kappa shape index (κ1) is 16.6. The first-order valence-corrected chi connectivity index (χ1v) is 8.60. The molecule has 0 spiro atoms. The SMILES string of the molecule is CCC(CC)(CNC(=O)c1cccc(Br)c1C)SC. The molecule has 0 bridgehead atoms. The smallest absolute Gasteiger partial charge is 0.251 e. The Morgan fingerprint density at radius 1 is 1.37 bits per heavy atom. The molecular weight excluding hydrogens is 322 g/mol. The highest BCUT2D eigenvalue weighted by molar-refractivity contribution is 9.10. The van der Waals surface area contributed by atoms with Gasteiger partial charge in [-0.25, -0.2) is 0 Å². The minimum atomic E-state index is 0.0131. The highest BCUT2D eigenvalue weighted by Crippen LogP contribution is 2.29. The normalized spacial score (nSPS) is 11.4. The molecule has 0 fully saturated rings. The summed E-state index contributed by atoms with van der Waals surface area (Å²) in [6.45, 7) is 7.03. The molecule has 1 amide bonds. The van der Waals surface area contributed by atoms with Crippen molar-refractivity contribution in [3.8, 4) is 0 Å². The Bertz CT molecular complexity index is 436. The van der Waals surface area contributed by atoms with E-state index in [1.807, 2.05) is 36.9 Å². The molecule has 0 aliphatic rings. The summed E-state index contributed by atoms with van der Waals surface area (Å²) in [5.41, 5.74) is 1.74. The Labute approximate surface area is 128 Å². The zero-order valence-electron chi connectivity index (χ0n) is 12.0. The third-order valence-electron chi connectivity index (χ3n) is 3.81. The fraction of sp³-hybridized carbons (Fsp3) is 0.533. The quantitative estimate of drug-likeness (QED) is 0.828. The van der Waals surface area contributed by atoms with E-state index in [-0.39, 0.29) is 10.7 Å². The fourth-order valence-corrected chi connectivity index (χ4v) is 3.21. The van der Waals surface area contributed by atoms with Gasteiger partial charge >= 0.3 is 0 Å². The predicted octanol–water partition coefficient (Wildman–Crippen LogP) is 4.41. The Morgan fingerprint density at radius 2 is 2.00 bits per heavy atom. The molecule has 1 rings (SSSR count). The van der Waals surface area contributed by atoms with Gasteiger partial charge in [0.2, 0.25) is 0 Å². The lowest BCUT2D eigenvalue weighted by Crippen LogP contribution is -2.39. The van der Waals surface area contributed by atoms with E-state index >= 15 is 0 Å². The number of hydrogen-bond acceptors (Lipinski definition) is 2. The van der Waals surface area contributed by atoms with Gasteiger partial charge in [0.25, 0.3) is 5.91 Å². The van der Waals surface area contributed by atoms with Crippen molar-refractivity contribution in [2.24, 2.45) is 0 Å². The highest BCUT2D eigenvalue weighted by Gasteiger charge is 2.25. The summed E-state index contributed by atoms with van der Waals surface area (Å²) in [5.74, 6) is 0.0131. The number of amides is 1. The molecule has 0 unspecified atom stereocenters. The van der Waals surface area contributed by atoms with Gasteiger partial charge in [0.1, 0.15) is 0 Å². The van der Waals surface area contributed by atoms with Crippen molar-refractivity contribution in [3.63, 3.8) is 0 Å². The van der Waals surface area contributed by atoms with Crippen LogP contribution in [-0.2, 0) is 0 Å². The molecule has 106 valence electrons. The minimum absolute atomic E-state index is 0.0131. The Morgan fingerprint density at radius 3 is 2.53 bits per heavy atom. The standard InChI is InChI=1S/C15H22BrNOS/c1-5-15(6-2,19-4)10-17-14(18)12-8-7-9-13(16)11(12)3/h7-9H,5-6,10H2,1-4H3,(H,17,18). The summed E-state index contributed by atoms with van der Waals surface area (Å²) in [4.78, 5) is 12.3. The first-order valence-electron chi connectivity index (χ1n) is 6.58. The van der Waals surface area contributed by atoms with Crippen LogP contribution in [0.3, 0.4) is 0 Å². The Kier molecular flexibility index (Phi) is 6.40. The van der Waals surface area contributed by atoms with Crippen LogP contribution in [0.2, 0.25) is 0 Å². The van der Waals surface area contributed by atoms with Gasteiger partial charge in [-0.05, 0) is 43.7 Å². The number of rotatable bonds is 6. The van der Waals surface area contributed by atoms with E-state index in [1.165, 1.54) is 0 Å². The Balaban J connectivity index is 2.78. The maximum absolute atomic E-state index is 12.3. The van der Waals surface area contributed by atoms with Crippen molar-refractivity contribution >= 4 is 33.6 Å². The molecule has 0 aliphatic heterocycles. The minimum Gasteiger partial charge on any atom is -0.351 e. The van der Waals surface area contributed by atoms with Crippen LogP contribution in [0.5, 0.6) is 0 Å². The summed E-state index contributed by atoms with van der Waals surface area (Å²) >= 11 is 5.30. The van der Waals surface area contributed by atoms with E-state index in [4.69, 9.17) is 0 Å². The molecule has 1 aromatic rings. The molecule has 0 heterocycles. The number of nitrogens with one attached hydrogen (secondary N) is 1. The lowest BCUT2D eigenvalue weighted by molar-refractivity contribution is 0.0948. The molecule has 0 saturated carbocycles. The summed E-state index contributed by atoms with van der Waals surface area (Å²) in [6, 6.07) is 5.72. The molecular formula is C15H22BrNOS. The lowest BCUT2D eigenvalue weighted by Gasteiger charge is -2.29. The van der Waals surface area contributed by atoms with Crippen LogP contribution in [0, 0.1) is 6.92 Å². The average Bonchev–Trinajstić information content (AvgIpc) is 2.44. The van der Waals surface area contributed by atoms with E-state index < -0.39 is 0 Å². The van der Waals surface area contributed by atoms with Crippen molar-refractivity contribution in [1.29, 1.82) is 0 Å². The lowest BCUT2D eigenvalue weighted by atomic mass is 10.0. The fourth-order valence-electron chi connectivity index (χ4n) is 2.05. The molecule has 0 saturated heterocycles. The van der Waals surface area contributed by atoms with Crippen LogP contribution in [0.15, 0.2) is 22.7 Å². The van der Waals surface area contributed by atoms with Gasteiger partial charge in [0.15, 0.2) is 0 Å². The summed E-state index contributed by atoms with van der Waals surface area (Å²) in [7, 11) is 0. The van der Waals surface area contributed by atoms with Crippen LogP contribution >= 0.6 is 27.7 Å². The van der Waals surface area contributed by atoms with E-state index in [0.29, 0.717) is 6.54 Å². The molecule has 0 aliphatic carbocycles. The van der Waals surface area contributed by atoms with Gasteiger partial charge in [-0.2, -0.15) is 11.8 Å². The van der Waals surface area contributed by atoms with E-state index in [1.54, 1.807) is 0 Å². The summed E-state index contributed by atoms with van der Waals surface area (Å²) in [6.07, 6.45) is 4.23. The van der Waals surface area contributed by atoms with Crippen LogP contribution in [0.4, 0.5) is 0 Å². The zero-order valence-corrected chi connectivity index (χ0v) is 14.5. The predicted molar refractivity (Wildman–Crippen MR) is 88.0 cm³/mol. The van der Waals surface area contributed by atoms with Crippen LogP contribution < -0.4 is 5.32 Å². The third kappa shape index (κ3) is 3.99. The second-order valence-corrected chi connectivity index (χ2v) is 6.82. The molecule has 1 N–H and O–H groups in total. The second kappa shape index (κ2) is 7.34. The van der Waals surface area contributed by atoms with Crippen LogP contribution in [0.1, 0.15) is 42.6 Å². The van der Waals surface area contributed by atoms with Crippen molar-refractivity contribution in [3.05, 3.63) is 33.8 Å². The molecule has 1 aromatic carbocycles. The first-order chi connectivity index (χ1) is 8.99. The number of carbonyl (C=O) groups is 1. The molecule has 19 heavy (non-hydrogen) atoms. The van der Waals surface area contributed by atoms with Gasteiger partial charge in [-0.1, -0.05) is 35.8 Å². The van der Waals surface area contributed by atoms with Gasteiger partial charge in [-0.3, -0.25) is 4.79 Å². The van der Waals surface area contributed by atoms with Crippen LogP contribution in [0.25, 0.3) is 0 Å². The molecule has 0 atom stereocenters. The molecule has 0 radical (unpaired) electrons. The van der Waals surface area contributed by atoms with Gasteiger partial charge < -0.3 is 5.32 Å². The molecule has 0 aromatic heterocycles. The monoisotopic (exact) mass is 343 g/mol.